The van der Waals surface area contributed by atoms with E-state index in [4.69, 9.17) is 0 Å². The zero-order valence-corrected chi connectivity index (χ0v) is 19.2. The van der Waals surface area contributed by atoms with E-state index in [0.717, 1.165) is 48.8 Å². The lowest BCUT2D eigenvalue weighted by molar-refractivity contribution is -0.0500. The van der Waals surface area contributed by atoms with Crippen molar-refractivity contribution in [1.82, 2.24) is 0 Å². The first kappa shape index (κ1) is 22.5. The number of benzene rings is 2. The molecule has 1 saturated heterocycles. The van der Waals surface area contributed by atoms with Crippen LogP contribution in [0.25, 0.3) is 0 Å². The zero-order valence-electron chi connectivity index (χ0n) is 17.6. The number of fused-ring (bicyclic) bond motifs is 2. The number of halogens is 2. The van der Waals surface area contributed by atoms with Crippen molar-refractivity contribution in [1.29, 1.82) is 0 Å². The van der Waals surface area contributed by atoms with E-state index in [1.54, 1.807) is 12.1 Å². The normalized spacial score (nSPS) is 21.9. The minimum Gasteiger partial charge on any atom is -0.478 e. The van der Waals surface area contributed by atoms with Crippen molar-refractivity contribution in [3.05, 3.63) is 53.6 Å². The van der Waals surface area contributed by atoms with Crippen LogP contribution in [0, 0.1) is 5.92 Å². The molecule has 33 heavy (non-hydrogen) atoms. The number of thioether (sulfide) groups is 1. The van der Waals surface area contributed by atoms with Crippen LogP contribution in [-0.4, -0.2) is 43.7 Å². The Kier molecular flexibility index (Phi) is 5.55. The fourth-order valence-electron chi connectivity index (χ4n) is 5.35. The molecule has 10 heteroatoms. The molecule has 0 amide bonds. The predicted octanol–water partition coefficient (Wildman–Crippen LogP) is 4.74. The van der Waals surface area contributed by atoms with Gasteiger partial charge in [-0.1, -0.05) is 6.07 Å². The lowest BCUT2D eigenvalue weighted by Crippen LogP contribution is -2.50. The lowest BCUT2D eigenvalue weighted by Gasteiger charge is -2.41. The molecule has 1 spiro atoms. The Morgan fingerprint density at radius 3 is 2.52 bits per heavy atom. The fourth-order valence-corrected chi connectivity index (χ4v) is 8.41. The number of carboxylic acid groups (broad SMARTS) is 1. The maximum atomic E-state index is 14.0. The zero-order chi connectivity index (χ0) is 23.4. The van der Waals surface area contributed by atoms with Gasteiger partial charge in [-0.05, 0) is 79.0 Å². The third kappa shape index (κ3) is 3.77. The Morgan fingerprint density at radius 2 is 1.88 bits per heavy atom. The summed E-state index contributed by atoms with van der Waals surface area (Å²) in [7, 11) is -4.12. The summed E-state index contributed by atoms with van der Waals surface area (Å²) in [5.41, 5.74) is 0.928. The van der Waals surface area contributed by atoms with Crippen LogP contribution in [0.1, 0.15) is 41.6 Å². The van der Waals surface area contributed by atoms with Gasteiger partial charge >= 0.3 is 12.6 Å². The van der Waals surface area contributed by atoms with Gasteiger partial charge in [0.1, 0.15) is 5.75 Å². The molecule has 0 radical (unpaired) electrons. The van der Waals surface area contributed by atoms with Gasteiger partial charge in [-0.25, -0.2) is 13.2 Å². The molecular weight excluding hydrogens is 472 g/mol. The van der Waals surface area contributed by atoms with E-state index in [2.05, 4.69) is 4.74 Å². The summed E-state index contributed by atoms with van der Waals surface area (Å²) in [5, 5.41) is 9.59. The van der Waals surface area contributed by atoms with Crippen LogP contribution in [0.15, 0.2) is 47.4 Å². The molecule has 1 N–H and O–H groups in total. The second kappa shape index (κ2) is 8.16. The first-order valence-corrected chi connectivity index (χ1v) is 13.4. The number of ether oxygens (including phenoxy) is 1. The highest BCUT2D eigenvalue weighted by Gasteiger charge is 2.59. The van der Waals surface area contributed by atoms with E-state index in [0.29, 0.717) is 5.69 Å². The van der Waals surface area contributed by atoms with Gasteiger partial charge in [0.25, 0.3) is 10.0 Å². The molecule has 0 aromatic heterocycles. The highest BCUT2D eigenvalue weighted by molar-refractivity contribution is 7.99. The number of nitrogens with zero attached hydrogens (tertiary/aromatic N) is 1. The van der Waals surface area contributed by atoms with Crippen molar-refractivity contribution < 1.29 is 31.8 Å². The number of alkyl halides is 2. The average molecular weight is 496 g/mol. The Morgan fingerprint density at radius 1 is 1.15 bits per heavy atom. The number of carbonyl (C=O) groups is 1. The highest BCUT2D eigenvalue weighted by atomic mass is 32.2. The molecule has 1 atom stereocenters. The van der Waals surface area contributed by atoms with Crippen molar-refractivity contribution >= 4 is 33.4 Å². The van der Waals surface area contributed by atoms with Crippen molar-refractivity contribution in [3.63, 3.8) is 0 Å². The molecule has 2 aliphatic heterocycles. The van der Waals surface area contributed by atoms with Crippen molar-refractivity contribution in [2.45, 2.75) is 48.6 Å². The second-order valence-electron chi connectivity index (χ2n) is 8.74. The van der Waals surface area contributed by atoms with Crippen LogP contribution >= 0.6 is 11.8 Å². The van der Waals surface area contributed by atoms with Gasteiger partial charge in [0.15, 0.2) is 0 Å². The molecule has 0 bridgehead atoms. The van der Waals surface area contributed by atoms with Crippen molar-refractivity contribution in [2.75, 3.05) is 15.8 Å². The molecule has 1 saturated carbocycles. The maximum absolute atomic E-state index is 14.0. The third-order valence-electron chi connectivity index (χ3n) is 6.88. The summed E-state index contributed by atoms with van der Waals surface area (Å²) in [6, 6.07) is 9.50. The van der Waals surface area contributed by atoms with Crippen LogP contribution in [0.3, 0.4) is 0 Å². The largest absolute Gasteiger partial charge is 0.478 e. The van der Waals surface area contributed by atoms with Gasteiger partial charge in [-0.2, -0.15) is 20.5 Å². The van der Waals surface area contributed by atoms with E-state index in [9.17, 15) is 27.1 Å². The molecule has 6 nitrogen and oxygen atoms in total. The molecule has 2 aromatic carbocycles. The van der Waals surface area contributed by atoms with E-state index >= 15 is 0 Å². The molecule has 176 valence electrons. The van der Waals surface area contributed by atoms with Crippen LogP contribution in [-0.2, 0) is 15.4 Å². The number of aromatic carboxylic acids is 1. The molecule has 2 fully saturated rings. The number of hydrogen-bond acceptors (Lipinski definition) is 5. The quantitative estimate of drug-likeness (QED) is 0.623. The molecular formula is C23H23F2NO5S2. The number of sulfonamides is 1. The maximum Gasteiger partial charge on any atom is 0.387 e. The van der Waals surface area contributed by atoms with Crippen LogP contribution in [0.5, 0.6) is 5.75 Å². The summed E-state index contributed by atoms with van der Waals surface area (Å²) in [4.78, 5) is 11.6. The van der Waals surface area contributed by atoms with E-state index in [-0.39, 0.29) is 28.2 Å². The Balaban J connectivity index is 1.68. The topological polar surface area (TPSA) is 83.9 Å². The first-order chi connectivity index (χ1) is 15.7. The summed E-state index contributed by atoms with van der Waals surface area (Å²) in [5.74, 6) is 0.624. The second-order valence-corrected chi connectivity index (χ2v) is 11.8. The van der Waals surface area contributed by atoms with Crippen LogP contribution < -0.4 is 9.04 Å². The monoisotopic (exact) mass is 495 g/mol. The van der Waals surface area contributed by atoms with Gasteiger partial charge in [-0.3, -0.25) is 4.31 Å². The van der Waals surface area contributed by atoms with Gasteiger partial charge in [-0.15, -0.1) is 0 Å². The average Bonchev–Trinajstić information content (AvgIpc) is 3.58. The standard InChI is InChI=1S/C23H23F2NO5S2/c24-22(25)31-16-2-1-3-17(13-16)33(29,30)26-19-7-6-15(21(27)28)12-18(19)23(8-10-32-11-9-23)20(26)14-4-5-14/h1-3,6-7,12-14,20,22H,4-5,8-11H2,(H,27,28). The van der Waals surface area contributed by atoms with Crippen LogP contribution in [0.2, 0.25) is 0 Å². The molecule has 2 aromatic rings. The Labute approximate surface area is 195 Å². The van der Waals surface area contributed by atoms with Crippen molar-refractivity contribution in [2.24, 2.45) is 5.92 Å². The van der Waals surface area contributed by atoms with E-state index in [1.807, 2.05) is 11.8 Å². The lowest BCUT2D eigenvalue weighted by atomic mass is 9.70. The number of carboxylic acids is 1. The number of anilines is 1. The van der Waals surface area contributed by atoms with E-state index < -0.39 is 28.0 Å². The molecule has 1 aliphatic carbocycles. The first-order valence-electron chi connectivity index (χ1n) is 10.8. The van der Waals surface area contributed by atoms with Crippen LogP contribution in [0.4, 0.5) is 14.5 Å². The summed E-state index contributed by atoms with van der Waals surface area (Å²) >= 11 is 1.82. The SMILES string of the molecule is O=C(O)c1ccc2c(c1)C1(CCSCC1)C(C1CC1)N2S(=O)(=O)c1cccc(OC(F)F)c1. The summed E-state index contributed by atoms with van der Waals surface area (Å²) in [6.45, 7) is -3.06. The summed E-state index contributed by atoms with van der Waals surface area (Å²) < 4.78 is 59.3. The summed E-state index contributed by atoms with van der Waals surface area (Å²) in [6.07, 6.45) is 3.32. The number of hydrogen-bond donors (Lipinski definition) is 1. The van der Waals surface area contributed by atoms with Gasteiger partial charge in [0, 0.05) is 11.5 Å². The fraction of sp³-hybridized carbons (Fsp3) is 0.435. The smallest absolute Gasteiger partial charge is 0.387 e. The minimum atomic E-state index is -4.12. The predicted molar refractivity (Wildman–Crippen MR) is 121 cm³/mol. The van der Waals surface area contributed by atoms with Gasteiger partial charge < -0.3 is 9.84 Å². The third-order valence-corrected chi connectivity index (χ3v) is 9.65. The molecule has 2 heterocycles. The van der Waals surface area contributed by atoms with Gasteiger partial charge in [0.05, 0.1) is 22.2 Å². The van der Waals surface area contributed by atoms with Crippen molar-refractivity contribution in [3.8, 4) is 5.75 Å². The molecule has 5 rings (SSSR count). The Bertz CT molecular complexity index is 1190. The number of rotatable bonds is 6. The van der Waals surface area contributed by atoms with Gasteiger partial charge in [0.2, 0.25) is 0 Å². The molecule has 1 unspecified atom stereocenters. The van der Waals surface area contributed by atoms with E-state index in [1.165, 1.54) is 28.6 Å². The highest BCUT2D eigenvalue weighted by Crippen LogP contribution is 2.59. The molecule has 3 aliphatic rings. The Hall–Kier alpha value is -2.33. The minimum absolute atomic E-state index is 0.123.